The largest absolute Gasteiger partial charge is 0.612 e. The molecule has 2 atom stereocenters. The quantitative estimate of drug-likeness (QED) is 0.590. The molecule has 30 heavy (non-hydrogen) atoms. The number of hydrogen-bond donors (Lipinski definition) is 3. The molecule has 0 aromatic heterocycles. The lowest BCUT2D eigenvalue weighted by molar-refractivity contribution is -0.120. The molecule has 158 valence electrons. The molecule has 0 heterocycles. The molecule has 0 spiro atoms. The van der Waals surface area contributed by atoms with Gasteiger partial charge in [0.2, 0.25) is 5.91 Å². The van der Waals surface area contributed by atoms with E-state index in [9.17, 15) is 18.8 Å². The number of amides is 1. The number of carbonyl (C=O) groups is 1. The number of nitrogens with one attached hydrogen (secondary N) is 1. The van der Waals surface area contributed by atoms with Crippen LogP contribution in [0, 0.1) is 5.82 Å². The molecule has 3 rings (SSSR count). The highest BCUT2D eigenvalue weighted by molar-refractivity contribution is 7.90. The van der Waals surface area contributed by atoms with Crippen LogP contribution in [-0.4, -0.2) is 46.2 Å². The molecule has 2 aromatic rings. The minimum Gasteiger partial charge on any atom is -0.612 e. The van der Waals surface area contributed by atoms with E-state index in [2.05, 4.69) is 5.32 Å². The van der Waals surface area contributed by atoms with E-state index in [4.69, 9.17) is 5.11 Å². The molecular formula is C23H24FNO4S. The van der Waals surface area contributed by atoms with Crippen LogP contribution in [0.1, 0.15) is 30.0 Å². The minimum atomic E-state index is -1.06. The van der Waals surface area contributed by atoms with Gasteiger partial charge in [0.15, 0.2) is 4.90 Å². The van der Waals surface area contributed by atoms with E-state index in [0.717, 1.165) is 32.7 Å². The van der Waals surface area contributed by atoms with Crippen molar-refractivity contribution in [1.82, 2.24) is 5.32 Å². The lowest BCUT2D eigenvalue weighted by atomic mass is 10.0. The minimum absolute atomic E-state index is 0.0333. The van der Waals surface area contributed by atoms with Gasteiger partial charge in [0, 0.05) is 6.54 Å². The average molecular weight is 430 g/mol. The summed E-state index contributed by atoms with van der Waals surface area (Å²) in [5.74, 6) is -0.700. The summed E-state index contributed by atoms with van der Waals surface area (Å²) in [6.45, 7) is 1.41. The van der Waals surface area contributed by atoms with Crippen molar-refractivity contribution in [2.45, 2.75) is 24.3 Å². The van der Waals surface area contributed by atoms with Gasteiger partial charge in [-0.15, -0.1) is 0 Å². The predicted molar refractivity (Wildman–Crippen MR) is 116 cm³/mol. The fourth-order valence-corrected chi connectivity index (χ4v) is 3.94. The molecule has 0 fully saturated rings. The van der Waals surface area contributed by atoms with E-state index >= 15 is 0 Å². The van der Waals surface area contributed by atoms with Crippen LogP contribution < -0.4 is 5.32 Å². The predicted octanol–water partition coefficient (Wildman–Crippen LogP) is 2.75. The van der Waals surface area contributed by atoms with Crippen LogP contribution >= 0.6 is 0 Å². The fourth-order valence-electron chi connectivity index (χ4n) is 3.42. The van der Waals surface area contributed by atoms with Gasteiger partial charge in [-0.1, -0.05) is 6.07 Å². The maximum Gasteiger partial charge on any atom is 0.224 e. The second-order valence-electron chi connectivity index (χ2n) is 7.19. The SMILES string of the molecule is CC1=C(CC(=O)NCC(O)CO)c2cc(F)ccc2C1=Cc1ccc([S+](C)[O-])cc1. The zero-order chi connectivity index (χ0) is 21.8. The summed E-state index contributed by atoms with van der Waals surface area (Å²) in [7, 11) is 0. The fraction of sp³-hybridized carbons (Fsp3) is 0.261. The number of benzene rings is 2. The molecule has 2 unspecified atom stereocenters. The first-order chi connectivity index (χ1) is 14.3. The number of hydrogen-bond acceptors (Lipinski definition) is 4. The van der Waals surface area contributed by atoms with Crippen LogP contribution in [0.2, 0.25) is 0 Å². The maximum absolute atomic E-state index is 13.9. The van der Waals surface area contributed by atoms with Gasteiger partial charge in [0.05, 0.1) is 19.1 Å². The van der Waals surface area contributed by atoms with Gasteiger partial charge in [-0.3, -0.25) is 4.79 Å². The number of rotatable bonds is 7. The summed E-state index contributed by atoms with van der Waals surface area (Å²) < 4.78 is 25.5. The zero-order valence-electron chi connectivity index (χ0n) is 16.8. The Hall–Kier alpha value is -2.45. The van der Waals surface area contributed by atoms with Crippen molar-refractivity contribution in [2.75, 3.05) is 19.4 Å². The van der Waals surface area contributed by atoms with E-state index < -0.39 is 23.9 Å². The summed E-state index contributed by atoms with van der Waals surface area (Å²) in [4.78, 5) is 13.1. The Bertz CT molecular complexity index is 999. The second kappa shape index (κ2) is 9.57. The molecule has 1 aliphatic carbocycles. The van der Waals surface area contributed by atoms with Crippen molar-refractivity contribution in [3.8, 4) is 0 Å². The summed E-state index contributed by atoms with van der Waals surface area (Å²) in [6, 6.07) is 11.9. The van der Waals surface area contributed by atoms with Crippen LogP contribution in [0.25, 0.3) is 17.2 Å². The number of fused-ring (bicyclic) bond motifs is 1. The number of carbonyl (C=O) groups excluding carboxylic acids is 1. The Balaban J connectivity index is 1.93. The van der Waals surface area contributed by atoms with Gasteiger partial charge >= 0.3 is 0 Å². The van der Waals surface area contributed by atoms with Crippen LogP contribution in [0.3, 0.4) is 0 Å². The first-order valence-electron chi connectivity index (χ1n) is 9.51. The standard InChI is InChI=1S/C23H24FNO4S/c1-14-20(9-15-3-6-18(7-4-15)30(2)29)19-8-5-16(24)10-22(19)21(14)11-23(28)25-12-17(27)13-26/h3-10,17,26-27H,11-13H2,1-2H3,(H,25,28). The van der Waals surface area contributed by atoms with Crippen molar-refractivity contribution in [1.29, 1.82) is 0 Å². The van der Waals surface area contributed by atoms with Crippen molar-refractivity contribution >= 4 is 34.3 Å². The van der Waals surface area contributed by atoms with Crippen LogP contribution in [0.4, 0.5) is 4.39 Å². The number of aliphatic hydroxyl groups excluding tert-OH is 2. The molecule has 0 radical (unpaired) electrons. The molecule has 3 N–H and O–H groups in total. The van der Waals surface area contributed by atoms with Crippen LogP contribution in [-0.2, 0) is 16.0 Å². The second-order valence-corrected chi connectivity index (χ2v) is 8.57. The van der Waals surface area contributed by atoms with Gasteiger partial charge in [-0.25, -0.2) is 4.39 Å². The molecule has 5 nitrogen and oxygen atoms in total. The zero-order valence-corrected chi connectivity index (χ0v) is 17.6. The highest BCUT2D eigenvalue weighted by Gasteiger charge is 2.26. The number of halogens is 1. The van der Waals surface area contributed by atoms with Crippen LogP contribution in [0.5, 0.6) is 0 Å². The number of aliphatic hydroxyl groups is 2. The highest BCUT2D eigenvalue weighted by atomic mass is 32.2. The summed E-state index contributed by atoms with van der Waals surface area (Å²) in [5.41, 5.74) is 4.91. The smallest absolute Gasteiger partial charge is 0.224 e. The Morgan fingerprint density at radius 1 is 1.23 bits per heavy atom. The van der Waals surface area contributed by atoms with Crippen molar-refractivity contribution in [3.63, 3.8) is 0 Å². The van der Waals surface area contributed by atoms with Gasteiger partial charge in [0.25, 0.3) is 0 Å². The highest BCUT2D eigenvalue weighted by Crippen LogP contribution is 2.43. The molecule has 1 amide bonds. The number of allylic oxidation sites excluding steroid dienone is 2. The first-order valence-corrected chi connectivity index (χ1v) is 11.1. The Kier molecular flexibility index (Phi) is 7.10. The average Bonchev–Trinajstić information content (AvgIpc) is 2.97. The van der Waals surface area contributed by atoms with E-state index in [1.165, 1.54) is 12.1 Å². The lowest BCUT2D eigenvalue weighted by Gasteiger charge is -2.10. The molecule has 0 aliphatic heterocycles. The van der Waals surface area contributed by atoms with E-state index in [-0.39, 0.29) is 24.7 Å². The summed E-state index contributed by atoms with van der Waals surface area (Å²) in [5, 5.41) is 20.9. The molecule has 0 saturated carbocycles. The Labute approximate surface area is 178 Å². The van der Waals surface area contributed by atoms with E-state index in [1.807, 2.05) is 37.3 Å². The molecular weight excluding hydrogens is 405 g/mol. The third kappa shape index (κ3) is 4.99. The Morgan fingerprint density at radius 2 is 1.93 bits per heavy atom. The molecule has 1 aliphatic rings. The van der Waals surface area contributed by atoms with Gasteiger partial charge in [-0.05, 0) is 94.0 Å². The Morgan fingerprint density at radius 3 is 2.57 bits per heavy atom. The third-order valence-corrected chi connectivity index (χ3v) is 6.00. The molecule has 2 aromatic carbocycles. The van der Waals surface area contributed by atoms with Gasteiger partial charge < -0.3 is 20.1 Å². The van der Waals surface area contributed by atoms with Gasteiger partial charge in [-0.2, -0.15) is 0 Å². The summed E-state index contributed by atoms with van der Waals surface area (Å²) >= 11 is -1.06. The van der Waals surface area contributed by atoms with Gasteiger partial charge in [0.1, 0.15) is 12.1 Å². The van der Waals surface area contributed by atoms with Crippen molar-refractivity contribution in [3.05, 3.63) is 70.5 Å². The topological polar surface area (TPSA) is 92.6 Å². The first kappa shape index (κ1) is 22.2. The monoisotopic (exact) mass is 429 g/mol. The molecule has 7 heteroatoms. The molecule has 0 saturated heterocycles. The van der Waals surface area contributed by atoms with E-state index in [0.29, 0.717) is 5.56 Å². The van der Waals surface area contributed by atoms with Crippen molar-refractivity contribution in [2.24, 2.45) is 0 Å². The molecule has 0 bridgehead atoms. The normalized spacial score (nSPS) is 16.5. The van der Waals surface area contributed by atoms with Crippen LogP contribution in [0.15, 0.2) is 52.9 Å². The van der Waals surface area contributed by atoms with E-state index in [1.54, 1.807) is 12.3 Å². The summed E-state index contributed by atoms with van der Waals surface area (Å²) in [6.07, 6.45) is 2.60. The third-order valence-electron chi connectivity index (χ3n) is 5.06. The lowest BCUT2D eigenvalue weighted by Crippen LogP contribution is -2.33. The maximum atomic E-state index is 13.9. The van der Waals surface area contributed by atoms with Crippen molar-refractivity contribution < 1.29 is 24.0 Å².